The first kappa shape index (κ1) is 35.8. The molecule has 5 fully saturated rings. The summed E-state index contributed by atoms with van der Waals surface area (Å²) >= 11 is 0. The van der Waals surface area contributed by atoms with Crippen LogP contribution in [0.5, 0.6) is 0 Å². The van der Waals surface area contributed by atoms with E-state index in [1.165, 1.54) is 0 Å². The lowest BCUT2D eigenvalue weighted by Crippen LogP contribution is -2.59. The quantitative estimate of drug-likeness (QED) is 0.134. The van der Waals surface area contributed by atoms with Crippen molar-refractivity contribution in [3.63, 3.8) is 0 Å². The van der Waals surface area contributed by atoms with Crippen LogP contribution in [0.3, 0.4) is 0 Å². The van der Waals surface area contributed by atoms with Crippen LogP contribution in [-0.4, -0.2) is 112 Å². The second-order valence-electron chi connectivity index (χ2n) is 15.6. The van der Waals surface area contributed by atoms with Gasteiger partial charge in [-0.15, -0.1) is 0 Å². The molecule has 2 heterocycles. The highest BCUT2D eigenvalue weighted by Crippen LogP contribution is 2.70. The molecule has 14 heteroatoms. The summed E-state index contributed by atoms with van der Waals surface area (Å²) in [5, 5.41) is 62.0. The van der Waals surface area contributed by atoms with Crippen LogP contribution in [0.25, 0.3) is 0 Å². The van der Waals surface area contributed by atoms with Crippen molar-refractivity contribution >= 4 is 10.4 Å². The second kappa shape index (κ2) is 12.6. The van der Waals surface area contributed by atoms with Gasteiger partial charge in [-0.05, 0) is 67.6 Å². The van der Waals surface area contributed by atoms with Gasteiger partial charge in [0.25, 0.3) is 0 Å². The summed E-state index contributed by atoms with van der Waals surface area (Å²) in [7, 11) is -4.71. The Hall–Kier alpha value is -1.01. The number of hydrogen-bond acceptors (Lipinski definition) is 12. The van der Waals surface area contributed by atoms with Gasteiger partial charge in [0, 0.05) is 24.2 Å². The molecule has 47 heavy (non-hydrogen) atoms. The van der Waals surface area contributed by atoms with Crippen LogP contribution in [0.15, 0.2) is 23.8 Å². The third-order valence-corrected chi connectivity index (χ3v) is 13.7. The van der Waals surface area contributed by atoms with Gasteiger partial charge in [0.1, 0.15) is 24.4 Å². The van der Waals surface area contributed by atoms with E-state index in [1.54, 1.807) is 0 Å². The van der Waals surface area contributed by atoms with Gasteiger partial charge in [0.05, 0.1) is 31.5 Å². The summed E-state index contributed by atoms with van der Waals surface area (Å²) in [4.78, 5) is 0. The lowest BCUT2D eigenvalue weighted by atomic mass is 9.46. The molecule has 0 unspecified atom stereocenters. The van der Waals surface area contributed by atoms with Crippen molar-refractivity contribution in [1.82, 2.24) is 0 Å². The summed E-state index contributed by atoms with van der Waals surface area (Å²) in [5.74, 6) is -0.833. The Balaban J connectivity index is 1.10. The summed E-state index contributed by atoms with van der Waals surface area (Å²) in [6.07, 6.45) is -1.93. The molecule has 0 amide bonds. The Bertz CT molecular complexity index is 1340. The SMILES string of the molecule is C=C(CC[C@@]1(O)O[C@H]2C[C@H]3[C@@H]4CC=C5C[C@@H](O)C[C@@H](OS(=O)(=O)O)[C@]5(C)[C@H]4CC[C@]3(C)[C@H]2[C@@H]1C)CO[C@@H]1O[C@H](CO)[C@@H](O)[C@H](O)[C@H]1O. The summed E-state index contributed by atoms with van der Waals surface area (Å²) in [5.41, 5.74) is 0.865. The molecule has 0 bridgehead atoms. The van der Waals surface area contributed by atoms with Crippen LogP contribution in [-0.2, 0) is 28.8 Å². The van der Waals surface area contributed by atoms with E-state index < -0.39 is 71.1 Å². The van der Waals surface area contributed by atoms with Crippen molar-refractivity contribution in [3.8, 4) is 0 Å². The van der Waals surface area contributed by atoms with E-state index in [0.717, 1.165) is 31.3 Å². The summed E-state index contributed by atoms with van der Waals surface area (Å²) in [6, 6.07) is 0. The molecule has 7 N–H and O–H groups in total. The zero-order valence-corrected chi connectivity index (χ0v) is 28.2. The Labute approximate surface area is 276 Å². The minimum Gasteiger partial charge on any atom is -0.394 e. The zero-order valence-electron chi connectivity index (χ0n) is 27.3. The molecule has 0 aromatic heterocycles. The minimum absolute atomic E-state index is 0.0313. The first-order valence-corrected chi connectivity index (χ1v) is 18.3. The van der Waals surface area contributed by atoms with E-state index in [2.05, 4.69) is 19.6 Å². The molecule has 13 nitrogen and oxygen atoms in total. The van der Waals surface area contributed by atoms with Crippen molar-refractivity contribution in [2.24, 2.45) is 40.4 Å². The molecule has 0 aromatic carbocycles. The first-order chi connectivity index (χ1) is 21.9. The van der Waals surface area contributed by atoms with Crippen molar-refractivity contribution < 1.29 is 62.0 Å². The van der Waals surface area contributed by atoms with E-state index in [4.69, 9.17) is 18.4 Å². The molecule has 16 atom stereocenters. The number of aliphatic hydroxyl groups excluding tert-OH is 5. The molecule has 6 aliphatic rings. The van der Waals surface area contributed by atoms with Gasteiger partial charge in [-0.3, -0.25) is 4.55 Å². The average molecular weight is 689 g/mol. The van der Waals surface area contributed by atoms with Gasteiger partial charge >= 0.3 is 10.4 Å². The number of ether oxygens (including phenoxy) is 3. The fourth-order valence-electron chi connectivity index (χ4n) is 10.8. The number of allylic oxidation sites excluding steroid dienone is 1. The Morgan fingerprint density at radius 2 is 1.83 bits per heavy atom. The third kappa shape index (κ3) is 6.08. The molecule has 3 saturated carbocycles. The third-order valence-electron chi connectivity index (χ3n) is 13.2. The lowest BCUT2D eigenvalue weighted by molar-refractivity contribution is -0.299. The monoisotopic (exact) mass is 688 g/mol. The van der Waals surface area contributed by atoms with Gasteiger partial charge in [-0.1, -0.05) is 44.6 Å². The predicted molar refractivity (Wildman–Crippen MR) is 165 cm³/mol. The number of fused-ring (bicyclic) bond motifs is 7. The van der Waals surface area contributed by atoms with E-state index >= 15 is 0 Å². The van der Waals surface area contributed by atoms with Crippen molar-refractivity contribution in [3.05, 3.63) is 23.8 Å². The second-order valence-corrected chi connectivity index (χ2v) is 16.6. The average Bonchev–Trinajstić information content (AvgIpc) is 3.43. The Morgan fingerprint density at radius 1 is 1.11 bits per heavy atom. The van der Waals surface area contributed by atoms with Crippen LogP contribution < -0.4 is 0 Å². The fourth-order valence-corrected chi connectivity index (χ4v) is 11.3. The smallest absolute Gasteiger partial charge is 0.394 e. The van der Waals surface area contributed by atoms with Gasteiger partial charge < -0.3 is 44.8 Å². The van der Waals surface area contributed by atoms with Crippen LogP contribution in [0.1, 0.15) is 72.1 Å². The summed E-state index contributed by atoms with van der Waals surface area (Å²) in [6.45, 7) is 9.83. The molecule has 0 spiro atoms. The van der Waals surface area contributed by atoms with E-state index in [0.29, 0.717) is 18.4 Å². The van der Waals surface area contributed by atoms with Gasteiger partial charge in [-0.2, -0.15) is 8.42 Å². The molecular weight excluding hydrogens is 636 g/mol. The number of aliphatic hydroxyl groups is 6. The van der Waals surface area contributed by atoms with Gasteiger partial charge in [-0.25, -0.2) is 4.18 Å². The fraction of sp³-hybridized carbons (Fsp3) is 0.879. The van der Waals surface area contributed by atoms with Crippen LogP contribution in [0, 0.1) is 40.4 Å². The van der Waals surface area contributed by atoms with Crippen molar-refractivity contribution in [2.75, 3.05) is 13.2 Å². The highest BCUT2D eigenvalue weighted by Gasteiger charge is 2.68. The van der Waals surface area contributed by atoms with Gasteiger partial charge in [0.15, 0.2) is 12.1 Å². The minimum atomic E-state index is -4.71. The molecule has 2 aliphatic heterocycles. The lowest BCUT2D eigenvalue weighted by Gasteiger charge is -2.59. The molecule has 6 rings (SSSR count). The summed E-state index contributed by atoms with van der Waals surface area (Å²) < 4.78 is 56.1. The highest BCUT2D eigenvalue weighted by molar-refractivity contribution is 7.80. The molecule has 4 aliphatic carbocycles. The van der Waals surface area contributed by atoms with Crippen molar-refractivity contribution in [1.29, 1.82) is 0 Å². The van der Waals surface area contributed by atoms with E-state index in [-0.39, 0.29) is 60.6 Å². The number of hydrogen-bond donors (Lipinski definition) is 7. The number of rotatable bonds is 9. The predicted octanol–water partition coefficient (Wildman–Crippen LogP) is 1.21. The van der Waals surface area contributed by atoms with Gasteiger partial charge in [0.2, 0.25) is 0 Å². The maximum Gasteiger partial charge on any atom is 0.397 e. The maximum absolute atomic E-state index is 11.8. The standard InChI is InChI=1S/C33H52O13S/c1-16(15-43-30-29(38)28(37)27(36)24(14-34)44-30)7-10-33(39)17(2)26-23(45-33)13-22-20-6-5-18-11-19(35)12-25(46-47(40,41)42)32(18,4)21(20)8-9-31(22,26)3/h5,17,19-30,34-39H,1,6-15H2,2-4H3,(H,40,41,42)/t17-,19+,20+,21-,22-,23-,24+,25+,26-,27+,28-,29+,30+,31-,32-,33+/m0/s1. The van der Waals surface area contributed by atoms with E-state index in [9.17, 15) is 43.6 Å². The van der Waals surface area contributed by atoms with E-state index in [1.807, 2.05) is 13.8 Å². The van der Waals surface area contributed by atoms with Crippen LogP contribution in [0.4, 0.5) is 0 Å². The Kier molecular flexibility index (Phi) is 9.63. The largest absolute Gasteiger partial charge is 0.397 e. The normalized spacial score (nSPS) is 51.0. The Morgan fingerprint density at radius 3 is 2.51 bits per heavy atom. The molecule has 0 aromatic rings. The zero-order chi connectivity index (χ0) is 34.3. The topological polar surface area (TPSA) is 213 Å². The molecule has 2 saturated heterocycles. The first-order valence-electron chi connectivity index (χ1n) is 16.9. The van der Waals surface area contributed by atoms with Crippen LogP contribution >= 0.6 is 0 Å². The molecular formula is C33H52O13S. The maximum atomic E-state index is 11.8. The highest BCUT2D eigenvalue weighted by atomic mass is 32.3. The van der Waals surface area contributed by atoms with Crippen LogP contribution in [0.2, 0.25) is 0 Å². The van der Waals surface area contributed by atoms with Crippen molar-refractivity contribution in [2.45, 2.75) is 127 Å². The molecule has 0 radical (unpaired) electrons. The molecule has 268 valence electrons.